The van der Waals surface area contributed by atoms with Crippen LogP contribution in [0.2, 0.25) is 0 Å². The molecule has 0 fully saturated rings. The van der Waals surface area contributed by atoms with Crippen LogP contribution in [0.25, 0.3) is 0 Å². The van der Waals surface area contributed by atoms with Gasteiger partial charge in [-0.3, -0.25) is 4.79 Å². The minimum absolute atomic E-state index is 0.0601. The quantitative estimate of drug-likeness (QED) is 0.794. The van der Waals surface area contributed by atoms with Gasteiger partial charge in [0.2, 0.25) is 0 Å². The molecule has 2 heterocycles. The Labute approximate surface area is 105 Å². The fourth-order valence-corrected chi connectivity index (χ4v) is 4.80. The molecule has 1 aliphatic rings. The molecule has 0 radical (unpaired) electrons. The molecular weight excluding hydrogens is 260 g/mol. The SMILES string of the molecule is CCCC(=O)O[C@H]1CCS(=O)(=O)c2sccc21. The Balaban J connectivity index is 2.21. The molecule has 4 nitrogen and oxygen atoms in total. The molecule has 1 aliphatic heterocycles. The van der Waals surface area contributed by atoms with Gasteiger partial charge in [0.05, 0.1) is 5.75 Å². The number of carbonyl (C=O) groups is 1. The molecule has 1 atom stereocenters. The van der Waals surface area contributed by atoms with Crippen LogP contribution in [0.3, 0.4) is 0 Å². The fourth-order valence-electron chi connectivity index (χ4n) is 1.85. The van der Waals surface area contributed by atoms with Crippen molar-refractivity contribution in [3.05, 3.63) is 17.0 Å². The molecule has 0 aromatic carbocycles. The van der Waals surface area contributed by atoms with Crippen molar-refractivity contribution in [1.29, 1.82) is 0 Å². The number of esters is 1. The van der Waals surface area contributed by atoms with E-state index in [0.29, 0.717) is 22.6 Å². The molecule has 0 saturated carbocycles. The summed E-state index contributed by atoms with van der Waals surface area (Å²) >= 11 is 1.20. The number of fused-ring (bicyclic) bond motifs is 1. The van der Waals surface area contributed by atoms with E-state index in [9.17, 15) is 13.2 Å². The number of hydrogen-bond acceptors (Lipinski definition) is 5. The molecule has 0 N–H and O–H groups in total. The van der Waals surface area contributed by atoms with Crippen molar-refractivity contribution in [2.75, 3.05) is 5.75 Å². The van der Waals surface area contributed by atoms with Crippen molar-refractivity contribution in [1.82, 2.24) is 0 Å². The summed E-state index contributed by atoms with van der Waals surface area (Å²) in [5, 5.41) is 1.73. The molecule has 0 spiro atoms. The van der Waals surface area contributed by atoms with Gasteiger partial charge in [-0.15, -0.1) is 11.3 Å². The highest BCUT2D eigenvalue weighted by atomic mass is 32.2. The third kappa shape index (κ3) is 2.52. The van der Waals surface area contributed by atoms with Gasteiger partial charge in [-0.25, -0.2) is 8.42 Å². The van der Waals surface area contributed by atoms with Gasteiger partial charge in [0.15, 0.2) is 9.84 Å². The Bertz CT molecular complexity index is 515. The van der Waals surface area contributed by atoms with Gasteiger partial charge in [-0.1, -0.05) is 6.92 Å². The smallest absolute Gasteiger partial charge is 0.306 e. The number of rotatable bonds is 3. The molecule has 0 amide bonds. The van der Waals surface area contributed by atoms with Crippen molar-refractivity contribution < 1.29 is 17.9 Å². The lowest BCUT2D eigenvalue weighted by Gasteiger charge is -2.22. The first-order valence-electron chi connectivity index (χ1n) is 5.54. The van der Waals surface area contributed by atoms with Gasteiger partial charge < -0.3 is 4.74 Å². The summed E-state index contributed by atoms with van der Waals surface area (Å²) in [5.41, 5.74) is 0.644. The van der Waals surface area contributed by atoms with Crippen LogP contribution in [-0.2, 0) is 19.4 Å². The summed E-state index contributed by atoms with van der Waals surface area (Å²) < 4.78 is 29.2. The first kappa shape index (κ1) is 12.6. The van der Waals surface area contributed by atoms with E-state index in [-0.39, 0.29) is 17.8 Å². The fraction of sp³-hybridized carbons (Fsp3) is 0.545. The lowest BCUT2D eigenvalue weighted by Crippen LogP contribution is -2.21. The normalized spacial score (nSPS) is 21.8. The van der Waals surface area contributed by atoms with E-state index in [4.69, 9.17) is 4.74 Å². The maximum absolute atomic E-state index is 11.8. The van der Waals surface area contributed by atoms with Gasteiger partial charge in [-0.2, -0.15) is 0 Å². The van der Waals surface area contributed by atoms with Crippen LogP contribution < -0.4 is 0 Å². The summed E-state index contributed by atoms with van der Waals surface area (Å²) in [6, 6.07) is 1.74. The average molecular weight is 274 g/mol. The van der Waals surface area contributed by atoms with E-state index < -0.39 is 9.84 Å². The number of carbonyl (C=O) groups excluding carboxylic acids is 1. The Morgan fingerprint density at radius 3 is 3.06 bits per heavy atom. The van der Waals surface area contributed by atoms with Gasteiger partial charge >= 0.3 is 5.97 Å². The predicted octanol–water partition coefficient (Wildman–Crippen LogP) is 2.31. The maximum atomic E-state index is 11.8. The zero-order valence-electron chi connectivity index (χ0n) is 9.51. The highest BCUT2D eigenvalue weighted by Gasteiger charge is 2.33. The van der Waals surface area contributed by atoms with Crippen molar-refractivity contribution in [2.24, 2.45) is 0 Å². The third-order valence-corrected chi connectivity index (χ3v) is 6.01. The minimum atomic E-state index is -3.15. The predicted molar refractivity (Wildman–Crippen MR) is 64.7 cm³/mol. The first-order valence-corrected chi connectivity index (χ1v) is 8.07. The summed E-state index contributed by atoms with van der Waals surface area (Å²) in [5.74, 6) is -0.195. The molecule has 1 aromatic rings. The van der Waals surface area contributed by atoms with Gasteiger partial charge in [0.25, 0.3) is 0 Å². The second kappa shape index (κ2) is 4.78. The van der Waals surface area contributed by atoms with Crippen LogP contribution in [0.15, 0.2) is 15.7 Å². The highest BCUT2D eigenvalue weighted by Crippen LogP contribution is 2.38. The van der Waals surface area contributed by atoms with E-state index in [2.05, 4.69) is 0 Å². The van der Waals surface area contributed by atoms with Crippen molar-refractivity contribution in [3.8, 4) is 0 Å². The third-order valence-electron chi connectivity index (χ3n) is 2.66. The van der Waals surface area contributed by atoms with Crippen LogP contribution in [0.4, 0.5) is 0 Å². The second-order valence-electron chi connectivity index (χ2n) is 4.00. The largest absolute Gasteiger partial charge is 0.457 e. The molecule has 0 saturated heterocycles. The van der Waals surface area contributed by atoms with Crippen LogP contribution in [0.5, 0.6) is 0 Å². The number of sulfone groups is 1. The molecular formula is C11H14O4S2. The molecule has 1 aromatic heterocycles. The van der Waals surface area contributed by atoms with Gasteiger partial charge in [0, 0.05) is 18.4 Å². The number of thiophene rings is 1. The zero-order chi connectivity index (χ0) is 12.5. The summed E-state index contributed by atoms with van der Waals surface area (Å²) in [4.78, 5) is 11.4. The molecule has 0 unspecified atom stereocenters. The first-order chi connectivity index (χ1) is 8.04. The molecule has 0 bridgehead atoms. The highest BCUT2D eigenvalue weighted by molar-refractivity contribution is 7.93. The van der Waals surface area contributed by atoms with Crippen LogP contribution in [0.1, 0.15) is 37.9 Å². The zero-order valence-corrected chi connectivity index (χ0v) is 11.1. The van der Waals surface area contributed by atoms with Gasteiger partial charge in [-0.05, 0) is 17.9 Å². The Hall–Kier alpha value is -0.880. The average Bonchev–Trinajstić information content (AvgIpc) is 2.73. The topological polar surface area (TPSA) is 60.4 Å². The van der Waals surface area contributed by atoms with E-state index in [1.54, 1.807) is 11.4 Å². The Morgan fingerprint density at radius 2 is 2.35 bits per heavy atom. The lowest BCUT2D eigenvalue weighted by molar-refractivity contribution is -0.149. The van der Waals surface area contributed by atoms with Crippen molar-refractivity contribution in [2.45, 2.75) is 36.5 Å². The summed E-state index contributed by atoms with van der Waals surface area (Å²) in [7, 11) is -3.15. The molecule has 2 rings (SSSR count). The number of hydrogen-bond donors (Lipinski definition) is 0. The van der Waals surface area contributed by atoms with Crippen LogP contribution in [-0.4, -0.2) is 20.1 Å². The standard InChI is InChI=1S/C11H14O4S2/c1-2-3-10(12)15-9-5-7-17(13,14)11-8(9)4-6-16-11/h4,6,9H,2-3,5,7H2,1H3/t9-/m0/s1. The van der Waals surface area contributed by atoms with Crippen molar-refractivity contribution in [3.63, 3.8) is 0 Å². The Kier molecular flexibility index (Phi) is 3.53. The molecule has 94 valence electrons. The van der Waals surface area contributed by atoms with E-state index in [1.165, 1.54) is 11.3 Å². The van der Waals surface area contributed by atoms with E-state index in [1.807, 2.05) is 6.92 Å². The second-order valence-corrected chi connectivity index (χ2v) is 7.22. The van der Waals surface area contributed by atoms with Crippen LogP contribution in [0, 0.1) is 0 Å². The minimum Gasteiger partial charge on any atom is -0.457 e. The number of ether oxygens (including phenoxy) is 1. The summed E-state index contributed by atoms with van der Waals surface area (Å²) in [6.45, 7) is 1.91. The molecule has 6 heteroatoms. The maximum Gasteiger partial charge on any atom is 0.306 e. The molecule has 17 heavy (non-hydrogen) atoms. The monoisotopic (exact) mass is 274 g/mol. The summed E-state index contributed by atoms with van der Waals surface area (Å²) in [6.07, 6.45) is 1.09. The van der Waals surface area contributed by atoms with Crippen molar-refractivity contribution >= 4 is 27.1 Å². The molecule has 0 aliphatic carbocycles. The Morgan fingerprint density at radius 1 is 1.59 bits per heavy atom. The van der Waals surface area contributed by atoms with Crippen LogP contribution >= 0.6 is 11.3 Å². The van der Waals surface area contributed by atoms with Gasteiger partial charge in [0.1, 0.15) is 10.3 Å². The van der Waals surface area contributed by atoms with E-state index >= 15 is 0 Å². The van der Waals surface area contributed by atoms with E-state index in [0.717, 1.165) is 6.42 Å². The lowest BCUT2D eigenvalue weighted by atomic mass is 10.1.